The lowest BCUT2D eigenvalue weighted by Crippen LogP contribution is -2.32. The van der Waals surface area contributed by atoms with Crippen LogP contribution >= 0.6 is 15.9 Å². The van der Waals surface area contributed by atoms with Crippen molar-refractivity contribution in [2.45, 2.75) is 5.92 Å². The first-order valence-corrected chi connectivity index (χ1v) is 20.3. The molecule has 0 aliphatic heterocycles. The van der Waals surface area contributed by atoms with Crippen molar-refractivity contribution >= 4 is 22.0 Å². The average molecular weight is 845 g/mol. The van der Waals surface area contributed by atoms with Crippen LogP contribution in [0.3, 0.4) is 0 Å². The summed E-state index contributed by atoms with van der Waals surface area (Å²) in [6, 6.07) is 16.6. The van der Waals surface area contributed by atoms with Gasteiger partial charge in [0.05, 0.1) is 145 Å². The average Bonchev–Trinajstić information content (AvgIpc) is 3.53. The summed E-state index contributed by atoms with van der Waals surface area (Å²) in [5.74, 6) is 0.0384. The largest absolute Gasteiger partial charge is 0.448 e. The van der Waals surface area contributed by atoms with Crippen molar-refractivity contribution in [2.24, 2.45) is 0 Å². The number of ether oxygens (including phenoxy) is 12. The molecule has 0 unspecified atom stereocenters. The van der Waals surface area contributed by atoms with E-state index in [2.05, 4.69) is 40.2 Å². The quantitative estimate of drug-likeness (QED) is 0.0703. The number of carbonyl (C=O) groups excluding carboxylic acids is 1. The summed E-state index contributed by atoms with van der Waals surface area (Å²) in [4.78, 5) is 14.1. The van der Waals surface area contributed by atoms with Gasteiger partial charge >= 0.3 is 6.09 Å². The maximum absolute atomic E-state index is 12.6. The second-order valence-corrected chi connectivity index (χ2v) is 12.9. The van der Waals surface area contributed by atoms with E-state index in [-0.39, 0.29) is 12.0 Å². The van der Waals surface area contributed by atoms with Crippen molar-refractivity contribution in [3.05, 3.63) is 59.7 Å². The first-order valence-electron chi connectivity index (χ1n) is 19.2. The molecule has 2 aromatic rings. The fourth-order valence-corrected chi connectivity index (χ4v) is 5.58. The fourth-order valence-electron chi connectivity index (χ4n) is 5.35. The Hall–Kier alpha value is -2.25. The molecule has 1 amide bonds. The number of halogens is 1. The van der Waals surface area contributed by atoms with E-state index in [9.17, 15) is 4.79 Å². The van der Waals surface area contributed by atoms with Crippen LogP contribution in [0.2, 0.25) is 0 Å². The van der Waals surface area contributed by atoms with E-state index in [1.165, 1.54) is 27.2 Å². The highest BCUT2D eigenvalue weighted by Gasteiger charge is 2.29. The van der Waals surface area contributed by atoms with Crippen molar-refractivity contribution in [1.82, 2.24) is 4.90 Å². The SMILES string of the molecule is CN(CCOCCOCCOCCOCCOCCOCCOCCOCCOCCOCCOCCBr)C(=O)OCC1c2ccccc2-c2ccccc21. The molecule has 0 radical (unpaired) electrons. The molecule has 0 saturated carbocycles. The van der Waals surface area contributed by atoms with Gasteiger partial charge in [0.25, 0.3) is 0 Å². The van der Waals surface area contributed by atoms with Gasteiger partial charge < -0.3 is 61.7 Å². The number of alkyl halides is 1. The Morgan fingerprint density at radius 1 is 0.473 bits per heavy atom. The Labute approximate surface area is 335 Å². The fraction of sp³-hybridized carbons (Fsp3) is 0.675. The molecule has 15 heteroatoms. The number of benzene rings is 2. The third-order valence-electron chi connectivity index (χ3n) is 8.16. The number of rotatable bonds is 37. The zero-order valence-corrected chi connectivity index (χ0v) is 34.1. The molecule has 3 rings (SSSR count). The summed E-state index contributed by atoms with van der Waals surface area (Å²) < 4.78 is 66.0. The highest BCUT2D eigenvalue weighted by atomic mass is 79.9. The smallest absolute Gasteiger partial charge is 0.409 e. The van der Waals surface area contributed by atoms with Crippen LogP contribution in [0.4, 0.5) is 4.79 Å². The molecule has 14 nitrogen and oxygen atoms in total. The molecule has 2 aromatic carbocycles. The summed E-state index contributed by atoms with van der Waals surface area (Å²) >= 11 is 3.30. The Morgan fingerprint density at radius 2 is 0.764 bits per heavy atom. The van der Waals surface area contributed by atoms with Gasteiger partial charge in [0.15, 0.2) is 0 Å². The minimum atomic E-state index is -0.364. The molecule has 1 aliphatic rings. The van der Waals surface area contributed by atoms with Gasteiger partial charge in [-0.25, -0.2) is 4.79 Å². The molecule has 0 fully saturated rings. The molecule has 0 aromatic heterocycles. The molecule has 0 spiro atoms. The normalized spacial score (nSPS) is 12.3. The maximum Gasteiger partial charge on any atom is 0.409 e. The van der Waals surface area contributed by atoms with E-state index in [1.807, 2.05) is 24.3 Å². The predicted molar refractivity (Wildman–Crippen MR) is 211 cm³/mol. The Morgan fingerprint density at radius 3 is 1.09 bits per heavy atom. The van der Waals surface area contributed by atoms with Gasteiger partial charge in [-0.2, -0.15) is 0 Å². The number of carbonyl (C=O) groups is 1. The molecule has 0 N–H and O–H groups in total. The minimum Gasteiger partial charge on any atom is -0.448 e. The van der Waals surface area contributed by atoms with Crippen LogP contribution in [0, 0.1) is 0 Å². The van der Waals surface area contributed by atoms with Crippen molar-refractivity contribution in [3.8, 4) is 11.1 Å². The number of hydrogen-bond donors (Lipinski definition) is 0. The highest BCUT2D eigenvalue weighted by molar-refractivity contribution is 9.09. The van der Waals surface area contributed by atoms with E-state index in [0.717, 1.165) is 5.33 Å². The summed E-state index contributed by atoms with van der Waals surface area (Å²) in [5, 5.41) is 0.833. The Kier molecular flexibility index (Phi) is 28.1. The summed E-state index contributed by atoms with van der Waals surface area (Å²) in [6.45, 7) is 11.9. The second-order valence-electron chi connectivity index (χ2n) is 12.2. The lowest BCUT2D eigenvalue weighted by Gasteiger charge is -2.19. The topological polar surface area (TPSA) is 131 Å². The van der Waals surface area contributed by atoms with Gasteiger partial charge in [0.1, 0.15) is 6.61 Å². The van der Waals surface area contributed by atoms with Crippen LogP contribution in [0.25, 0.3) is 11.1 Å². The van der Waals surface area contributed by atoms with E-state index in [0.29, 0.717) is 159 Å². The highest BCUT2D eigenvalue weighted by Crippen LogP contribution is 2.44. The molecule has 312 valence electrons. The molecule has 0 atom stereocenters. The van der Waals surface area contributed by atoms with E-state index >= 15 is 0 Å². The monoisotopic (exact) mass is 843 g/mol. The van der Waals surface area contributed by atoms with Gasteiger partial charge in [0, 0.05) is 24.8 Å². The molecule has 0 bridgehead atoms. The summed E-state index contributed by atoms with van der Waals surface area (Å²) in [5.41, 5.74) is 4.80. The first kappa shape index (κ1) is 47.1. The lowest BCUT2D eigenvalue weighted by molar-refractivity contribution is -0.0274. The number of fused-ring (bicyclic) bond motifs is 3. The van der Waals surface area contributed by atoms with Gasteiger partial charge in [-0.1, -0.05) is 64.5 Å². The molecular weight excluding hydrogens is 782 g/mol. The van der Waals surface area contributed by atoms with Gasteiger partial charge in [-0.3, -0.25) is 0 Å². The van der Waals surface area contributed by atoms with Crippen molar-refractivity contribution in [3.63, 3.8) is 0 Å². The zero-order valence-electron chi connectivity index (χ0n) is 32.5. The number of likely N-dealkylation sites (N-methyl/N-ethyl adjacent to an activating group) is 1. The first-order chi connectivity index (χ1) is 27.2. The number of hydrogen-bond acceptors (Lipinski definition) is 13. The summed E-state index contributed by atoms with van der Waals surface area (Å²) in [7, 11) is 1.71. The predicted octanol–water partition coefficient (Wildman–Crippen LogP) is 4.44. The van der Waals surface area contributed by atoms with Crippen molar-refractivity contribution < 1.29 is 61.6 Å². The second kappa shape index (κ2) is 32.8. The van der Waals surface area contributed by atoms with Gasteiger partial charge in [-0.15, -0.1) is 0 Å². The zero-order chi connectivity index (χ0) is 38.9. The van der Waals surface area contributed by atoms with Crippen LogP contribution < -0.4 is 0 Å². The van der Waals surface area contributed by atoms with Gasteiger partial charge in [0.2, 0.25) is 0 Å². The lowest BCUT2D eigenvalue weighted by atomic mass is 9.98. The van der Waals surface area contributed by atoms with Gasteiger partial charge in [-0.05, 0) is 22.3 Å². The molecule has 0 heterocycles. The third kappa shape index (κ3) is 21.7. The molecular formula is C40H62BrNO13. The standard InChI is InChI=1S/C40H62BrNO13/c1-42(40(43)55-34-39-37-8-4-2-6-35(37)36-7-3-5-9-38(36)39)11-13-45-15-17-47-19-21-49-23-25-51-27-29-53-31-33-54-32-30-52-28-26-50-24-22-48-20-18-46-16-14-44-12-10-41/h2-9,39H,10-34H2,1H3. The van der Waals surface area contributed by atoms with E-state index in [4.69, 9.17) is 56.8 Å². The van der Waals surface area contributed by atoms with Crippen LogP contribution in [0.1, 0.15) is 17.0 Å². The molecule has 55 heavy (non-hydrogen) atoms. The third-order valence-corrected chi connectivity index (χ3v) is 8.48. The number of nitrogens with zero attached hydrogens (tertiary/aromatic N) is 1. The van der Waals surface area contributed by atoms with Crippen molar-refractivity contribution in [1.29, 1.82) is 0 Å². The maximum atomic E-state index is 12.6. The van der Waals surface area contributed by atoms with Crippen LogP contribution in [-0.4, -0.2) is 182 Å². The van der Waals surface area contributed by atoms with Crippen LogP contribution in [-0.2, 0) is 56.8 Å². The Balaban J connectivity index is 0.967. The van der Waals surface area contributed by atoms with E-state index < -0.39 is 0 Å². The molecule has 0 saturated heterocycles. The minimum absolute atomic E-state index is 0.0384. The summed E-state index contributed by atoms with van der Waals surface area (Å²) in [6.07, 6.45) is -0.364. The van der Waals surface area contributed by atoms with Crippen LogP contribution in [0.15, 0.2) is 48.5 Å². The van der Waals surface area contributed by atoms with Crippen molar-refractivity contribution in [2.75, 3.05) is 171 Å². The number of amides is 1. The van der Waals surface area contributed by atoms with E-state index in [1.54, 1.807) is 7.05 Å². The molecule has 1 aliphatic carbocycles. The van der Waals surface area contributed by atoms with Crippen LogP contribution in [0.5, 0.6) is 0 Å². The Bertz CT molecular complexity index is 1180.